The Morgan fingerprint density at radius 3 is 2.67 bits per heavy atom. The molecule has 2 heterocycles. The van der Waals surface area contributed by atoms with Gasteiger partial charge in [0.15, 0.2) is 0 Å². The van der Waals surface area contributed by atoms with Gasteiger partial charge in [0.2, 0.25) is 0 Å². The summed E-state index contributed by atoms with van der Waals surface area (Å²) in [5, 5.41) is 0.529. The fourth-order valence-electron chi connectivity index (χ4n) is 2.51. The normalized spacial score (nSPS) is 29.2. The Kier molecular flexibility index (Phi) is 3.41. The fourth-order valence-corrected chi connectivity index (χ4v) is 3.95. The maximum atomic E-state index is 12.1. The van der Waals surface area contributed by atoms with E-state index in [0.717, 1.165) is 12.0 Å². The zero-order valence-electron chi connectivity index (χ0n) is 10.1. The van der Waals surface area contributed by atoms with Crippen molar-refractivity contribution in [1.29, 1.82) is 0 Å². The molecule has 0 amide bonds. The van der Waals surface area contributed by atoms with Gasteiger partial charge in [0, 0.05) is 5.25 Å². The lowest BCUT2D eigenvalue weighted by Crippen LogP contribution is -2.36. The minimum Gasteiger partial charge on any atom is -0.460 e. The van der Waals surface area contributed by atoms with Crippen LogP contribution in [0.15, 0.2) is 42.5 Å². The molecule has 1 aromatic rings. The second kappa shape index (κ2) is 5.19. The third-order valence-electron chi connectivity index (χ3n) is 3.52. The molecule has 0 N–H and O–H groups in total. The first-order valence-corrected chi connectivity index (χ1v) is 7.31. The highest BCUT2D eigenvalue weighted by molar-refractivity contribution is 8.01. The Hall–Kier alpha value is -1.22. The van der Waals surface area contributed by atoms with E-state index in [1.54, 1.807) is 11.8 Å². The van der Waals surface area contributed by atoms with E-state index >= 15 is 0 Å². The van der Waals surface area contributed by atoms with Crippen LogP contribution in [-0.2, 0) is 16.1 Å². The number of hydrogen-bond donors (Lipinski definition) is 0. The van der Waals surface area contributed by atoms with Crippen molar-refractivity contribution in [2.75, 3.05) is 0 Å². The van der Waals surface area contributed by atoms with E-state index in [9.17, 15) is 4.79 Å². The summed E-state index contributed by atoms with van der Waals surface area (Å²) in [5.41, 5.74) is 1.05. The van der Waals surface area contributed by atoms with Crippen LogP contribution < -0.4 is 0 Å². The number of ether oxygens (including phenoxy) is 1. The molecule has 2 bridgehead atoms. The first kappa shape index (κ1) is 11.8. The molecular weight excluding hydrogens is 244 g/mol. The molecule has 1 saturated heterocycles. The number of allylic oxidation sites excluding steroid dienone is 1. The third-order valence-corrected chi connectivity index (χ3v) is 5.10. The molecule has 0 saturated carbocycles. The second-order valence-corrected chi connectivity index (χ2v) is 6.20. The Morgan fingerprint density at radius 1 is 1.22 bits per heavy atom. The summed E-state index contributed by atoms with van der Waals surface area (Å²) in [6.07, 6.45) is 6.76. The minimum atomic E-state index is -0.0529. The van der Waals surface area contributed by atoms with Crippen molar-refractivity contribution >= 4 is 17.7 Å². The smallest absolute Gasteiger partial charge is 0.320 e. The summed E-state index contributed by atoms with van der Waals surface area (Å²) in [6.45, 7) is 0.387. The zero-order valence-corrected chi connectivity index (χ0v) is 10.9. The van der Waals surface area contributed by atoms with Gasteiger partial charge in [0.25, 0.3) is 0 Å². The average molecular weight is 260 g/mol. The molecule has 1 aliphatic carbocycles. The van der Waals surface area contributed by atoms with Crippen LogP contribution in [-0.4, -0.2) is 16.5 Å². The van der Waals surface area contributed by atoms with Gasteiger partial charge >= 0.3 is 5.97 Å². The van der Waals surface area contributed by atoms with Crippen molar-refractivity contribution < 1.29 is 9.53 Å². The molecule has 2 aliphatic heterocycles. The Balaban J connectivity index is 1.58. The summed E-state index contributed by atoms with van der Waals surface area (Å²) in [5.74, 6) is 0.325. The van der Waals surface area contributed by atoms with Crippen molar-refractivity contribution in [2.45, 2.75) is 29.9 Å². The Labute approximate surface area is 111 Å². The van der Waals surface area contributed by atoms with E-state index in [2.05, 4.69) is 12.2 Å². The molecule has 3 aliphatic rings. The Morgan fingerprint density at radius 2 is 2.06 bits per heavy atom. The maximum Gasteiger partial charge on any atom is 0.320 e. The Bertz CT molecular complexity index is 455. The SMILES string of the molecule is O=C(OCc1ccccc1)C1SC2C=CC1CC2. The van der Waals surface area contributed by atoms with E-state index in [0.29, 0.717) is 17.8 Å². The molecule has 2 nitrogen and oxygen atoms in total. The predicted molar refractivity (Wildman–Crippen MR) is 73.3 cm³/mol. The van der Waals surface area contributed by atoms with Gasteiger partial charge in [-0.05, 0) is 24.3 Å². The predicted octanol–water partition coefficient (Wildman–Crippen LogP) is 3.18. The van der Waals surface area contributed by atoms with Gasteiger partial charge in [-0.1, -0.05) is 42.5 Å². The molecule has 0 spiro atoms. The van der Waals surface area contributed by atoms with Gasteiger partial charge in [-0.25, -0.2) is 0 Å². The molecule has 1 aromatic carbocycles. The van der Waals surface area contributed by atoms with E-state index < -0.39 is 0 Å². The van der Waals surface area contributed by atoms with Crippen LogP contribution in [0.1, 0.15) is 18.4 Å². The lowest BCUT2D eigenvalue weighted by atomic mass is 9.91. The largest absolute Gasteiger partial charge is 0.460 e. The zero-order chi connectivity index (χ0) is 12.4. The van der Waals surface area contributed by atoms with Crippen LogP contribution in [0.25, 0.3) is 0 Å². The van der Waals surface area contributed by atoms with Gasteiger partial charge in [-0.3, -0.25) is 4.79 Å². The highest BCUT2D eigenvalue weighted by Crippen LogP contribution is 2.42. The van der Waals surface area contributed by atoms with Crippen molar-refractivity contribution in [3.05, 3.63) is 48.0 Å². The van der Waals surface area contributed by atoms with Crippen LogP contribution in [0.3, 0.4) is 0 Å². The summed E-state index contributed by atoms with van der Waals surface area (Å²) in [7, 11) is 0. The van der Waals surface area contributed by atoms with Crippen LogP contribution in [0.5, 0.6) is 0 Å². The van der Waals surface area contributed by atoms with E-state index in [1.807, 2.05) is 30.3 Å². The third kappa shape index (κ3) is 2.46. The number of benzene rings is 1. The quantitative estimate of drug-likeness (QED) is 0.617. The highest BCUT2D eigenvalue weighted by Gasteiger charge is 2.37. The topological polar surface area (TPSA) is 26.3 Å². The van der Waals surface area contributed by atoms with E-state index in [4.69, 9.17) is 4.74 Å². The van der Waals surface area contributed by atoms with Gasteiger partial charge in [-0.15, -0.1) is 11.8 Å². The van der Waals surface area contributed by atoms with Crippen LogP contribution in [0.4, 0.5) is 0 Å². The summed E-state index contributed by atoms with van der Waals surface area (Å²) < 4.78 is 5.43. The molecule has 94 valence electrons. The van der Waals surface area contributed by atoms with Gasteiger partial charge in [-0.2, -0.15) is 0 Å². The molecule has 0 radical (unpaired) electrons. The van der Waals surface area contributed by atoms with Crippen LogP contribution in [0.2, 0.25) is 0 Å². The van der Waals surface area contributed by atoms with Crippen molar-refractivity contribution in [3.8, 4) is 0 Å². The summed E-state index contributed by atoms with van der Waals surface area (Å²) >= 11 is 1.76. The highest BCUT2D eigenvalue weighted by atomic mass is 32.2. The number of thioether (sulfide) groups is 1. The average Bonchev–Trinajstić information content (AvgIpc) is 2.47. The molecule has 3 unspecified atom stereocenters. The van der Waals surface area contributed by atoms with Crippen molar-refractivity contribution in [1.82, 2.24) is 0 Å². The number of carbonyl (C=O) groups is 1. The maximum absolute atomic E-state index is 12.1. The first-order valence-electron chi connectivity index (χ1n) is 6.37. The van der Waals surface area contributed by atoms with Crippen LogP contribution in [0, 0.1) is 5.92 Å². The summed E-state index contributed by atoms with van der Waals surface area (Å²) in [6, 6.07) is 9.85. The molecule has 0 aromatic heterocycles. The first-order chi connectivity index (χ1) is 8.83. The van der Waals surface area contributed by atoms with Gasteiger partial charge in [0.05, 0.1) is 0 Å². The lowest BCUT2D eigenvalue weighted by molar-refractivity contribution is -0.145. The number of fused-ring (bicyclic) bond motifs is 2. The number of carbonyl (C=O) groups excluding carboxylic acids is 1. The van der Waals surface area contributed by atoms with E-state index in [1.165, 1.54) is 6.42 Å². The van der Waals surface area contributed by atoms with E-state index in [-0.39, 0.29) is 11.2 Å². The van der Waals surface area contributed by atoms with Gasteiger partial charge in [0.1, 0.15) is 11.9 Å². The molecular formula is C15H16O2S. The summed E-state index contributed by atoms with van der Waals surface area (Å²) in [4.78, 5) is 12.1. The van der Waals surface area contributed by atoms with Crippen LogP contribution >= 0.6 is 11.8 Å². The molecule has 3 heteroatoms. The van der Waals surface area contributed by atoms with Crippen molar-refractivity contribution in [3.63, 3.8) is 0 Å². The number of hydrogen-bond acceptors (Lipinski definition) is 3. The number of rotatable bonds is 3. The molecule has 3 atom stereocenters. The van der Waals surface area contributed by atoms with Gasteiger partial charge < -0.3 is 4.74 Å². The second-order valence-electron chi connectivity index (χ2n) is 4.81. The fraction of sp³-hybridized carbons (Fsp3) is 0.400. The minimum absolute atomic E-state index is 0.0115. The standard InChI is InChI=1S/C15H16O2S/c16-15(17-10-11-4-2-1-3-5-11)14-12-6-8-13(18-14)9-7-12/h1-6,8,12-14H,7,9-10H2. The monoisotopic (exact) mass is 260 g/mol. The lowest BCUT2D eigenvalue weighted by Gasteiger charge is -2.35. The van der Waals surface area contributed by atoms with Crippen molar-refractivity contribution in [2.24, 2.45) is 5.92 Å². The number of esters is 1. The molecule has 18 heavy (non-hydrogen) atoms. The molecule has 1 fully saturated rings. The molecule has 4 rings (SSSR count).